The van der Waals surface area contributed by atoms with Gasteiger partial charge in [-0.25, -0.2) is 0 Å². The van der Waals surface area contributed by atoms with Crippen molar-refractivity contribution >= 4 is 0 Å². The lowest BCUT2D eigenvalue weighted by molar-refractivity contribution is 0.135. The van der Waals surface area contributed by atoms with Gasteiger partial charge in [-0.3, -0.25) is 4.90 Å². The molecule has 5 heteroatoms. The highest BCUT2D eigenvalue weighted by molar-refractivity contribution is 5.52. The Hall–Kier alpha value is -4.58. The molecule has 0 fully saturated rings. The number of hydrogen-bond acceptors (Lipinski definition) is 5. The molecule has 1 heterocycles. The fraction of sp³-hybridized carbons (Fsp3) is 0.189. The quantitative estimate of drug-likeness (QED) is 0.169. The zero-order valence-corrected chi connectivity index (χ0v) is 23.6. The van der Waals surface area contributed by atoms with Crippen molar-refractivity contribution in [3.63, 3.8) is 0 Å². The molecule has 5 aromatic rings. The molecule has 2 atom stereocenters. The molecule has 0 saturated carbocycles. The molecule has 0 radical (unpaired) electrons. The van der Waals surface area contributed by atoms with Gasteiger partial charge in [0.2, 0.25) is 6.79 Å². The predicted octanol–water partition coefficient (Wildman–Crippen LogP) is 7.27. The van der Waals surface area contributed by atoms with Crippen molar-refractivity contribution in [2.75, 3.05) is 6.79 Å². The third-order valence-electron chi connectivity index (χ3n) is 7.82. The number of ether oxygens (including phenoxy) is 2. The van der Waals surface area contributed by atoms with E-state index in [9.17, 15) is 5.11 Å². The molecule has 1 aliphatic rings. The maximum absolute atomic E-state index is 11.4. The monoisotopic (exact) mass is 556 g/mol. The second-order valence-electron chi connectivity index (χ2n) is 10.7. The van der Waals surface area contributed by atoms with Crippen LogP contribution in [0, 0.1) is 0 Å². The summed E-state index contributed by atoms with van der Waals surface area (Å²) >= 11 is 0. The summed E-state index contributed by atoms with van der Waals surface area (Å²) in [5.41, 5.74) is 5.69. The summed E-state index contributed by atoms with van der Waals surface area (Å²) in [5, 5.41) is 15.3. The van der Waals surface area contributed by atoms with E-state index < -0.39 is 0 Å². The Kier molecular flexibility index (Phi) is 8.79. The standard InChI is InChI=1S/C37H36N2O3/c40-34-23-36-35(41-27-42-36)22-32(34)37(38-24-29-15-7-2-8-16-29)33(21-28-13-5-1-6-14-28)39(25-30-17-9-3-10-18-30)26-31-19-11-4-12-20-31/h1-20,22-23,33,37-38,40H,21,24-27H2/t33-,37+/m0/s1. The minimum absolute atomic E-state index is 0.0252. The molecule has 5 nitrogen and oxygen atoms in total. The lowest BCUT2D eigenvalue weighted by atomic mass is 9.90. The van der Waals surface area contributed by atoms with Crippen LogP contribution in [0.25, 0.3) is 0 Å². The first-order chi connectivity index (χ1) is 20.7. The van der Waals surface area contributed by atoms with E-state index in [4.69, 9.17) is 9.47 Å². The fourth-order valence-electron chi connectivity index (χ4n) is 5.71. The van der Waals surface area contributed by atoms with Gasteiger partial charge in [-0.1, -0.05) is 121 Å². The van der Waals surface area contributed by atoms with E-state index >= 15 is 0 Å². The molecule has 0 saturated heterocycles. The molecule has 2 N–H and O–H groups in total. The third-order valence-corrected chi connectivity index (χ3v) is 7.82. The summed E-state index contributed by atoms with van der Waals surface area (Å²) in [6.07, 6.45) is 0.779. The molecule has 1 aliphatic heterocycles. The Bertz CT molecular complexity index is 1500. The first-order valence-electron chi connectivity index (χ1n) is 14.5. The van der Waals surface area contributed by atoms with E-state index in [1.165, 1.54) is 22.3 Å². The molecule has 212 valence electrons. The van der Waals surface area contributed by atoms with E-state index in [-0.39, 0.29) is 24.6 Å². The number of nitrogens with one attached hydrogen (secondary N) is 1. The summed E-state index contributed by atoms with van der Waals surface area (Å²) in [6.45, 7) is 2.31. The minimum Gasteiger partial charge on any atom is -0.507 e. The molecule has 42 heavy (non-hydrogen) atoms. The lowest BCUT2D eigenvalue weighted by Crippen LogP contribution is -2.45. The molecule has 0 aromatic heterocycles. The van der Waals surface area contributed by atoms with Crippen LogP contribution >= 0.6 is 0 Å². The van der Waals surface area contributed by atoms with Crippen molar-refractivity contribution in [3.8, 4) is 17.2 Å². The third kappa shape index (κ3) is 6.82. The normalized spacial score (nSPS) is 13.6. The van der Waals surface area contributed by atoms with Crippen LogP contribution < -0.4 is 14.8 Å². The molecule has 0 unspecified atom stereocenters. The predicted molar refractivity (Wildman–Crippen MR) is 166 cm³/mol. The Balaban J connectivity index is 1.45. The molecule has 0 bridgehead atoms. The van der Waals surface area contributed by atoms with E-state index in [0.717, 1.165) is 25.1 Å². The molecule has 5 aromatic carbocycles. The van der Waals surface area contributed by atoms with Gasteiger partial charge in [0, 0.05) is 37.3 Å². The van der Waals surface area contributed by atoms with Crippen LogP contribution in [0.15, 0.2) is 133 Å². The summed E-state index contributed by atoms with van der Waals surface area (Å²) in [6, 6.07) is 45.6. The lowest BCUT2D eigenvalue weighted by Gasteiger charge is -2.39. The van der Waals surface area contributed by atoms with Gasteiger partial charge in [0.15, 0.2) is 11.5 Å². The van der Waals surface area contributed by atoms with Gasteiger partial charge in [0.25, 0.3) is 0 Å². The Morgan fingerprint density at radius 1 is 0.619 bits per heavy atom. The topological polar surface area (TPSA) is 54.0 Å². The van der Waals surface area contributed by atoms with Crippen molar-refractivity contribution in [3.05, 3.63) is 161 Å². The smallest absolute Gasteiger partial charge is 0.231 e. The van der Waals surface area contributed by atoms with E-state index in [2.05, 4.69) is 125 Å². The molecule has 0 amide bonds. The fourth-order valence-corrected chi connectivity index (χ4v) is 5.71. The Morgan fingerprint density at radius 2 is 1.10 bits per heavy atom. The zero-order valence-electron chi connectivity index (χ0n) is 23.6. The maximum Gasteiger partial charge on any atom is 0.231 e. The van der Waals surface area contributed by atoms with Gasteiger partial charge in [0.05, 0.1) is 6.04 Å². The number of rotatable bonds is 12. The summed E-state index contributed by atoms with van der Waals surface area (Å²) in [4.78, 5) is 2.53. The van der Waals surface area contributed by atoms with Crippen molar-refractivity contribution in [1.82, 2.24) is 10.2 Å². The maximum atomic E-state index is 11.4. The largest absolute Gasteiger partial charge is 0.507 e. The van der Waals surface area contributed by atoms with Gasteiger partial charge in [-0.2, -0.15) is 0 Å². The zero-order chi connectivity index (χ0) is 28.6. The Morgan fingerprint density at radius 3 is 1.64 bits per heavy atom. The average Bonchev–Trinajstić information content (AvgIpc) is 3.49. The Labute approximate surface area is 248 Å². The van der Waals surface area contributed by atoms with E-state index in [1.54, 1.807) is 6.07 Å². The molecule has 0 aliphatic carbocycles. The number of benzene rings is 5. The number of phenolic OH excluding ortho intramolecular Hbond substituents is 1. The van der Waals surface area contributed by atoms with Gasteiger partial charge < -0.3 is 19.9 Å². The number of nitrogens with zero attached hydrogens (tertiary/aromatic N) is 1. The van der Waals surface area contributed by atoms with Crippen LogP contribution in [0.4, 0.5) is 0 Å². The molecule has 6 rings (SSSR count). The highest BCUT2D eigenvalue weighted by Crippen LogP contribution is 2.42. The van der Waals surface area contributed by atoms with Crippen molar-refractivity contribution in [2.24, 2.45) is 0 Å². The number of hydrogen-bond donors (Lipinski definition) is 2. The van der Waals surface area contributed by atoms with Crippen LogP contribution in [0.2, 0.25) is 0 Å². The van der Waals surface area contributed by atoms with Crippen LogP contribution in [0.1, 0.15) is 33.9 Å². The second-order valence-corrected chi connectivity index (χ2v) is 10.7. The highest BCUT2D eigenvalue weighted by Gasteiger charge is 2.33. The molecular formula is C37H36N2O3. The molecule has 0 spiro atoms. The number of phenols is 1. The second kappa shape index (κ2) is 13.4. The van der Waals surface area contributed by atoms with Gasteiger partial charge >= 0.3 is 0 Å². The van der Waals surface area contributed by atoms with Crippen LogP contribution in [-0.2, 0) is 26.1 Å². The summed E-state index contributed by atoms with van der Waals surface area (Å²) in [5.74, 6) is 1.43. The molecular weight excluding hydrogens is 520 g/mol. The first-order valence-corrected chi connectivity index (χ1v) is 14.5. The van der Waals surface area contributed by atoms with Gasteiger partial charge in [-0.15, -0.1) is 0 Å². The van der Waals surface area contributed by atoms with Crippen molar-refractivity contribution in [1.29, 1.82) is 0 Å². The SMILES string of the molecule is Oc1cc2c(cc1[C@@H](NCc1ccccc1)[C@H](Cc1ccccc1)N(Cc1ccccc1)Cc1ccccc1)OCO2. The van der Waals surface area contributed by atoms with E-state index in [0.29, 0.717) is 18.0 Å². The highest BCUT2D eigenvalue weighted by atomic mass is 16.7. The van der Waals surface area contributed by atoms with Crippen LogP contribution in [0.3, 0.4) is 0 Å². The summed E-state index contributed by atoms with van der Waals surface area (Å²) in [7, 11) is 0. The van der Waals surface area contributed by atoms with Crippen molar-refractivity contribution < 1.29 is 14.6 Å². The number of fused-ring (bicyclic) bond motifs is 1. The van der Waals surface area contributed by atoms with Gasteiger partial charge in [-0.05, 0) is 34.7 Å². The first kappa shape index (κ1) is 27.6. The summed E-state index contributed by atoms with van der Waals surface area (Å²) < 4.78 is 11.4. The van der Waals surface area contributed by atoms with Crippen LogP contribution in [-0.4, -0.2) is 22.8 Å². The van der Waals surface area contributed by atoms with E-state index in [1.807, 2.05) is 12.1 Å². The van der Waals surface area contributed by atoms with Gasteiger partial charge in [0.1, 0.15) is 5.75 Å². The minimum atomic E-state index is -0.229. The average molecular weight is 557 g/mol. The van der Waals surface area contributed by atoms with Crippen molar-refractivity contribution in [2.45, 2.75) is 38.1 Å². The number of aromatic hydroxyl groups is 1. The van der Waals surface area contributed by atoms with Crippen LogP contribution in [0.5, 0.6) is 17.2 Å².